The van der Waals surface area contributed by atoms with Gasteiger partial charge in [-0.2, -0.15) is 0 Å². The van der Waals surface area contributed by atoms with Gasteiger partial charge < -0.3 is 40.2 Å². The van der Waals surface area contributed by atoms with Crippen molar-refractivity contribution in [2.24, 2.45) is 5.92 Å². The highest BCUT2D eigenvalue weighted by Gasteiger charge is 2.29. The Balaban J connectivity index is 2.81. The van der Waals surface area contributed by atoms with Crippen LogP contribution in [-0.2, 0) is 39.9 Å². The van der Waals surface area contributed by atoms with E-state index in [2.05, 4.69) is 21.3 Å². The lowest BCUT2D eigenvalue weighted by Gasteiger charge is -2.24. The Morgan fingerprint density at radius 3 is 1.62 bits per heavy atom. The lowest BCUT2D eigenvalue weighted by molar-refractivity contribution is -0.145. The van der Waals surface area contributed by atoms with Gasteiger partial charge >= 0.3 is 24.2 Å². The molecule has 14 nitrogen and oxygen atoms in total. The van der Waals surface area contributed by atoms with Crippen molar-refractivity contribution in [2.45, 2.75) is 162 Å². The number of amides is 4. The number of unbranched alkanes of at least 4 members (excludes halogenated alkanes) is 4. The van der Waals surface area contributed by atoms with E-state index >= 15 is 0 Å². The molecule has 0 spiro atoms. The second kappa shape index (κ2) is 24.9. The lowest BCUT2D eigenvalue weighted by atomic mass is 9.91. The first-order valence-corrected chi connectivity index (χ1v) is 19.6. The Morgan fingerprint density at radius 2 is 1.07 bits per heavy atom. The van der Waals surface area contributed by atoms with Crippen LogP contribution < -0.4 is 21.3 Å². The van der Waals surface area contributed by atoms with E-state index in [1.54, 1.807) is 62.3 Å². The molecule has 0 saturated heterocycles. The molecule has 0 heterocycles. The maximum atomic E-state index is 13.8. The van der Waals surface area contributed by atoms with Gasteiger partial charge in [0.15, 0.2) is 5.78 Å². The van der Waals surface area contributed by atoms with Gasteiger partial charge in [-0.1, -0.05) is 43.2 Å². The fourth-order valence-corrected chi connectivity index (χ4v) is 5.21. The van der Waals surface area contributed by atoms with Crippen LogP contribution in [0.25, 0.3) is 0 Å². The number of carbonyl (C=O) groups excluding carboxylic acids is 6. The molecule has 0 aliphatic heterocycles. The molecule has 2 atom stereocenters. The highest BCUT2D eigenvalue weighted by atomic mass is 16.6. The average molecular weight is 777 g/mol. The number of alkyl carbamates (subject to hydrolysis) is 3. The number of hydrogen-bond acceptors (Lipinski definition) is 10. The van der Waals surface area contributed by atoms with Crippen molar-refractivity contribution in [3.8, 4) is 0 Å². The first-order valence-electron chi connectivity index (χ1n) is 19.6. The molecule has 2 unspecified atom stereocenters. The standard InChI is InChI=1S/C41H68N4O10/c1-39(2,3)53-36(49)43-26-18-15-22-31(35(48)42-25-17-11-14-24-34(47)52-29-30-20-12-10-13-21-30)28-33(46)32(45-38(51)55-41(7,8)9)23-16-19-27-44-37(50)54-40(4,5)6/h10,12-13,20-21,31-32H,11,14-19,22-29H2,1-9H3,(H,42,48)(H,43,49)(H,44,50)(H,45,51). The van der Waals surface area contributed by atoms with Gasteiger partial charge in [0.05, 0.1) is 6.04 Å². The Hall–Kier alpha value is -4.36. The number of esters is 1. The summed E-state index contributed by atoms with van der Waals surface area (Å²) < 4.78 is 21.3. The van der Waals surface area contributed by atoms with Gasteiger partial charge in [-0.25, -0.2) is 14.4 Å². The Kier molecular flexibility index (Phi) is 22.1. The Labute approximate surface area is 328 Å². The van der Waals surface area contributed by atoms with Gasteiger partial charge in [0.25, 0.3) is 0 Å². The van der Waals surface area contributed by atoms with Crippen LogP contribution in [0.3, 0.4) is 0 Å². The molecular weight excluding hydrogens is 708 g/mol. The SMILES string of the molecule is CC(C)(C)OC(=O)NCCCCC(CC(=O)C(CCCCNC(=O)OC(C)(C)C)NC(=O)OC(C)(C)C)C(=O)NCCCCCC(=O)OCc1ccccc1. The summed E-state index contributed by atoms with van der Waals surface area (Å²) in [5.41, 5.74) is -1.12. The number of carbonyl (C=O) groups is 6. The number of hydrogen-bond donors (Lipinski definition) is 4. The summed E-state index contributed by atoms with van der Waals surface area (Å²) in [5, 5.41) is 11.0. The van der Waals surface area contributed by atoms with E-state index in [1.165, 1.54) is 0 Å². The zero-order chi connectivity index (χ0) is 41.5. The third-order valence-electron chi connectivity index (χ3n) is 7.73. The van der Waals surface area contributed by atoms with Gasteiger partial charge in [0, 0.05) is 38.4 Å². The molecule has 0 bridgehead atoms. The van der Waals surface area contributed by atoms with Crippen LogP contribution in [0.2, 0.25) is 0 Å². The highest BCUT2D eigenvalue weighted by molar-refractivity contribution is 5.91. The smallest absolute Gasteiger partial charge is 0.408 e. The summed E-state index contributed by atoms with van der Waals surface area (Å²) in [6.07, 6.45) is 3.08. The number of Topliss-reactive ketones (excluding diaryl/α,β-unsaturated/α-hetero) is 1. The van der Waals surface area contributed by atoms with Crippen LogP contribution in [0.15, 0.2) is 30.3 Å². The predicted molar refractivity (Wildman–Crippen MR) is 210 cm³/mol. The maximum absolute atomic E-state index is 13.8. The van der Waals surface area contributed by atoms with E-state index in [1.807, 2.05) is 30.3 Å². The molecule has 0 aromatic heterocycles. The molecule has 55 heavy (non-hydrogen) atoms. The second-order valence-electron chi connectivity index (χ2n) is 16.7. The minimum Gasteiger partial charge on any atom is -0.461 e. The first kappa shape index (κ1) is 48.7. The maximum Gasteiger partial charge on any atom is 0.408 e. The fraction of sp³-hybridized carbons (Fsp3) is 0.707. The summed E-state index contributed by atoms with van der Waals surface area (Å²) in [5.74, 6) is -1.56. The monoisotopic (exact) mass is 776 g/mol. The van der Waals surface area contributed by atoms with Crippen molar-refractivity contribution >= 4 is 35.9 Å². The van der Waals surface area contributed by atoms with Gasteiger partial charge in [-0.05, 0) is 113 Å². The molecule has 1 rings (SSSR count). The molecule has 4 amide bonds. The average Bonchev–Trinajstić information content (AvgIpc) is 3.05. The second-order valence-corrected chi connectivity index (χ2v) is 16.7. The zero-order valence-electron chi connectivity index (χ0n) is 34.7. The van der Waals surface area contributed by atoms with Crippen molar-refractivity contribution in [3.05, 3.63) is 35.9 Å². The summed E-state index contributed by atoms with van der Waals surface area (Å²) >= 11 is 0. The number of rotatable bonds is 23. The highest BCUT2D eigenvalue weighted by Crippen LogP contribution is 2.18. The van der Waals surface area contributed by atoms with Crippen LogP contribution >= 0.6 is 0 Å². The normalized spacial score (nSPS) is 12.7. The van der Waals surface area contributed by atoms with E-state index < -0.39 is 47.0 Å². The quantitative estimate of drug-likeness (QED) is 0.0500. The van der Waals surface area contributed by atoms with Crippen LogP contribution in [0.1, 0.15) is 139 Å². The fourth-order valence-electron chi connectivity index (χ4n) is 5.21. The van der Waals surface area contributed by atoms with Crippen molar-refractivity contribution in [2.75, 3.05) is 19.6 Å². The van der Waals surface area contributed by atoms with Crippen molar-refractivity contribution < 1.29 is 47.7 Å². The van der Waals surface area contributed by atoms with Gasteiger partial charge in [0.2, 0.25) is 5.91 Å². The van der Waals surface area contributed by atoms with Crippen LogP contribution in [0.5, 0.6) is 0 Å². The van der Waals surface area contributed by atoms with Crippen LogP contribution in [0, 0.1) is 5.92 Å². The molecule has 0 fully saturated rings. The molecule has 0 radical (unpaired) electrons. The number of benzene rings is 1. The molecule has 0 saturated carbocycles. The zero-order valence-corrected chi connectivity index (χ0v) is 34.7. The van der Waals surface area contributed by atoms with Crippen molar-refractivity contribution in [1.29, 1.82) is 0 Å². The molecule has 1 aromatic rings. The molecule has 0 aliphatic carbocycles. The number of ether oxygens (including phenoxy) is 4. The van der Waals surface area contributed by atoms with Crippen LogP contribution in [-0.4, -0.2) is 78.4 Å². The summed E-state index contributed by atoms with van der Waals surface area (Å²) in [7, 11) is 0. The Bertz CT molecular complexity index is 1330. The molecular formula is C41H68N4O10. The van der Waals surface area contributed by atoms with Crippen LogP contribution in [0.4, 0.5) is 14.4 Å². The minimum absolute atomic E-state index is 0.116. The Morgan fingerprint density at radius 1 is 0.582 bits per heavy atom. The van der Waals surface area contributed by atoms with E-state index in [0.717, 1.165) is 5.56 Å². The third kappa shape index (κ3) is 27.0. The van der Waals surface area contributed by atoms with Gasteiger partial charge in [0.1, 0.15) is 23.4 Å². The van der Waals surface area contributed by atoms with E-state index in [4.69, 9.17) is 18.9 Å². The molecule has 1 aromatic carbocycles. The van der Waals surface area contributed by atoms with E-state index in [-0.39, 0.29) is 43.5 Å². The van der Waals surface area contributed by atoms with E-state index in [9.17, 15) is 28.8 Å². The predicted octanol–water partition coefficient (Wildman–Crippen LogP) is 7.27. The molecule has 4 N–H and O–H groups in total. The number of ketones is 1. The van der Waals surface area contributed by atoms with Crippen molar-refractivity contribution in [3.63, 3.8) is 0 Å². The summed E-state index contributed by atoms with van der Waals surface area (Å²) in [6, 6.07) is 8.55. The topological polar surface area (TPSA) is 187 Å². The molecule has 14 heteroatoms. The third-order valence-corrected chi connectivity index (χ3v) is 7.73. The minimum atomic E-state index is -0.915. The summed E-state index contributed by atoms with van der Waals surface area (Å²) in [6.45, 7) is 17.1. The summed E-state index contributed by atoms with van der Waals surface area (Å²) in [4.78, 5) is 76.2. The van der Waals surface area contributed by atoms with Gasteiger partial charge in [-0.15, -0.1) is 0 Å². The lowest BCUT2D eigenvalue weighted by Crippen LogP contribution is -2.45. The molecule has 0 aliphatic rings. The largest absolute Gasteiger partial charge is 0.461 e. The first-order chi connectivity index (χ1) is 25.6. The van der Waals surface area contributed by atoms with Crippen molar-refractivity contribution in [1.82, 2.24) is 21.3 Å². The number of nitrogens with one attached hydrogen (secondary N) is 4. The molecule has 312 valence electrons. The van der Waals surface area contributed by atoms with E-state index in [0.29, 0.717) is 71.0 Å². The van der Waals surface area contributed by atoms with Gasteiger partial charge in [-0.3, -0.25) is 14.4 Å².